The number of hydrogen-bond acceptors (Lipinski definition) is 1. The maximum absolute atomic E-state index is 11.9. The molecule has 1 aliphatic rings. The predicted octanol–water partition coefficient (Wildman–Crippen LogP) is 3.57. The van der Waals surface area contributed by atoms with Crippen molar-refractivity contribution in [2.45, 2.75) is 59.3 Å². The van der Waals surface area contributed by atoms with Crippen molar-refractivity contribution in [3.8, 4) is 0 Å². The summed E-state index contributed by atoms with van der Waals surface area (Å²) in [7, 11) is 0. The Morgan fingerprint density at radius 1 is 1.23 bits per heavy atom. The molecule has 0 aromatic rings. The third kappa shape index (κ3) is 1.95. The van der Waals surface area contributed by atoms with E-state index in [0.717, 1.165) is 19.3 Å². The molecule has 1 nitrogen and oxygen atoms in total. The summed E-state index contributed by atoms with van der Waals surface area (Å²) >= 11 is 0. The summed E-state index contributed by atoms with van der Waals surface area (Å²) in [6.45, 7) is 6.42. The normalized spacial score (nSPS) is 21.8. The fraction of sp³-hybridized carbons (Fsp3) is 0.917. The molecule has 0 spiro atoms. The second-order valence-electron chi connectivity index (χ2n) is 4.65. The highest BCUT2D eigenvalue weighted by atomic mass is 16.1. The van der Waals surface area contributed by atoms with Crippen molar-refractivity contribution in [2.24, 2.45) is 11.3 Å². The molecule has 0 unspecified atom stereocenters. The van der Waals surface area contributed by atoms with Crippen molar-refractivity contribution in [3.05, 3.63) is 0 Å². The standard InChI is InChI=1S/C12H22O/c1-4-11(13)12(10(2)3)8-6-5-7-9-12/h10H,4-9H2,1-3H3. The Hall–Kier alpha value is -0.330. The van der Waals surface area contributed by atoms with Crippen molar-refractivity contribution in [1.29, 1.82) is 0 Å². The number of ketones is 1. The van der Waals surface area contributed by atoms with Crippen molar-refractivity contribution in [3.63, 3.8) is 0 Å². The van der Waals surface area contributed by atoms with Crippen LogP contribution in [0.4, 0.5) is 0 Å². The lowest BCUT2D eigenvalue weighted by Gasteiger charge is -2.39. The van der Waals surface area contributed by atoms with Crippen LogP contribution < -0.4 is 0 Å². The number of carbonyl (C=O) groups excluding carboxylic acids is 1. The first-order valence-corrected chi connectivity index (χ1v) is 5.67. The molecule has 1 rings (SSSR count). The van der Waals surface area contributed by atoms with Gasteiger partial charge in [0.05, 0.1) is 0 Å². The maximum atomic E-state index is 11.9. The molecule has 0 amide bonds. The number of Topliss-reactive ketones (excluding diaryl/α,β-unsaturated/α-hetero) is 1. The Kier molecular flexibility index (Phi) is 3.52. The summed E-state index contributed by atoms with van der Waals surface area (Å²) in [5.74, 6) is 1.03. The van der Waals surface area contributed by atoms with Crippen LogP contribution in [0.15, 0.2) is 0 Å². The minimum atomic E-state index is 0.0486. The Balaban J connectivity index is 2.79. The van der Waals surface area contributed by atoms with Gasteiger partial charge < -0.3 is 0 Å². The van der Waals surface area contributed by atoms with Crippen molar-refractivity contribution in [2.75, 3.05) is 0 Å². The van der Waals surface area contributed by atoms with E-state index in [0.29, 0.717) is 11.7 Å². The van der Waals surface area contributed by atoms with E-state index in [2.05, 4.69) is 13.8 Å². The highest BCUT2D eigenvalue weighted by molar-refractivity contribution is 5.84. The van der Waals surface area contributed by atoms with E-state index in [-0.39, 0.29) is 5.41 Å². The lowest BCUT2D eigenvalue weighted by Crippen LogP contribution is -2.37. The first-order chi connectivity index (χ1) is 6.13. The van der Waals surface area contributed by atoms with Crippen molar-refractivity contribution in [1.82, 2.24) is 0 Å². The van der Waals surface area contributed by atoms with Crippen LogP contribution in [0.2, 0.25) is 0 Å². The first kappa shape index (κ1) is 10.7. The zero-order valence-corrected chi connectivity index (χ0v) is 9.23. The summed E-state index contributed by atoms with van der Waals surface area (Å²) < 4.78 is 0. The summed E-state index contributed by atoms with van der Waals surface area (Å²) in [4.78, 5) is 11.9. The second kappa shape index (κ2) is 4.26. The van der Waals surface area contributed by atoms with Crippen molar-refractivity contribution >= 4 is 5.78 Å². The van der Waals surface area contributed by atoms with E-state index in [1.165, 1.54) is 19.3 Å². The molecule has 1 fully saturated rings. The third-order valence-corrected chi connectivity index (χ3v) is 3.73. The van der Waals surface area contributed by atoms with E-state index in [4.69, 9.17) is 0 Å². The van der Waals surface area contributed by atoms with Gasteiger partial charge in [-0.15, -0.1) is 0 Å². The van der Waals surface area contributed by atoms with Gasteiger partial charge in [-0.2, -0.15) is 0 Å². The molecule has 1 aliphatic carbocycles. The molecule has 1 heteroatoms. The average Bonchev–Trinajstić information content (AvgIpc) is 2.17. The van der Waals surface area contributed by atoms with Gasteiger partial charge in [-0.3, -0.25) is 4.79 Å². The first-order valence-electron chi connectivity index (χ1n) is 5.67. The lowest BCUT2D eigenvalue weighted by molar-refractivity contribution is -0.133. The van der Waals surface area contributed by atoms with Gasteiger partial charge in [0, 0.05) is 11.8 Å². The van der Waals surface area contributed by atoms with E-state index in [9.17, 15) is 4.79 Å². The number of hydrogen-bond donors (Lipinski definition) is 0. The molecule has 0 saturated heterocycles. The quantitative estimate of drug-likeness (QED) is 0.652. The topological polar surface area (TPSA) is 17.1 Å². The average molecular weight is 182 g/mol. The zero-order chi connectivity index (χ0) is 9.90. The van der Waals surface area contributed by atoms with Crippen LogP contribution in [0.1, 0.15) is 59.3 Å². The molecule has 0 aliphatic heterocycles. The van der Waals surface area contributed by atoms with Gasteiger partial charge in [-0.05, 0) is 18.8 Å². The summed E-state index contributed by atoms with van der Waals surface area (Å²) in [5.41, 5.74) is 0.0486. The zero-order valence-electron chi connectivity index (χ0n) is 9.23. The molecule has 0 heterocycles. The predicted molar refractivity (Wildman–Crippen MR) is 55.7 cm³/mol. The minimum Gasteiger partial charge on any atom is -0.299 e. The van der Waals surface area contributed by atoms with E-state index < -0.39 is 0 Å². The van der Waals surface area contributed by atoms with Gasteiger partial charge in [0.2, 0.25) is 0 Å². The van der Waals surface area contributed by atoms with Gasteiger partial charge in [0.25, 0.3) is 0 Å². The van der Waals surface area contributed by atoms with Crippen LogP contribution in [0.25, 0.3) is 0 Å². The molecule has 1 saturated carbocycles. The van der Waals surface area contributed by atoms with Gasteiger partial charge in [-0.1, -0.05) is 40.0 Å². The van der Waals surface area contributed by atoms with Crippen LogP contribution in [0, 0.1) is 11.3 Å². The number of carbonyl (C=O) groups is 1. The van der Waals surface area contributed by atoms with Crippen LogP contribution in [-0.2, 0) is 4.79 Å². The van der Waals surface area contributed by atoms with Gasteiger partial charge in [-0.25, -0.2) is 0 Å². The van der Waals surface area contributed by atoms with Crippen molar-refractivity contribution < 1.29 is 4.79 Å². The fourth-order valence-corrected chi connectivity index (χ4v) is 2.71. The van der Waals surface area contributed by atoms with Crippen LogP contribution in [-0.4, -0.2) is 5.78 Å². The van der Waals surface area contributed by atoms with E-state index in [1.54, 1.807) is 0 Å². The summed E-state index contributed by atoms with van der Waals surface area (Å²) in [6.07, 6.45) is 6.83. The molecular formula is C12H22O. The molecular weight excluding hydrogens is 160 g/mol. The van der Waals surface area contributed by atoms with Crippen LogP contribution in [0.3, 0.4) is 0 Å². The molecule has 0 atom stereocenters. The smallest absolute Gasteiger partial charge is 0.139 e. The molecule has 0 N–H and O–H groups in total. The monoisotopic (exact) mass is 182 g/mol. The summed E-state index contributed by atoms with van der Waals surface area (Å²) in [6, 6.07) is 0. The maximum Gasteiger partial charge on any atom is 0.139 e. The Morgan fingerprint density at radius 3 is 2.15 bits per heavy atom. The van der Waals surface area contributed by atoms with Crippen LogP contribution in [0.5, 0.6) is 0 Å². The van der Waals surface area contributed by atoms with E-state index in [1.807, 2.05) is 6.92 Å². The molecule has 0 aromatic heterocycles. The van der Waals surface area contributed by atoms with E-state index >= 15 is 0 Å². The highest BCUT2D eigenvalue weighted by Crippen LogP contribution is 2.43. The molecule has 13 heavy (non-hydrogen) atoms. The van der Waals surface area contributed by atoms with Gasteiger partial charge in [0.15, 0.2) is 0 Å². The molecule has 0 radical (unpaired) electrons. The Bertz CT molecular complexity index is 176. The molecule has 0 bridgehead atoms. The Labute approximate surface area is 81.9 Å². The minimum absolute atomic E-state index is 0.0486. The SMILES string of the molecule is CCC(=O)C1(C(C)C)CCCCC1. The lowest BCUT2D eigenvalue weighted by atomic mass is 9.64. The van der Waals surface area contributed by atoms with Gasteiger partial charge in [0.1, 0.15) is 5.78 Å². The molecule has 0 aromatic carbocycles. The molecule has 76 valence electrons. The largest absolute Gasteiger partial charge is 0.299 e. The fourth-order valence-electron chi connectivity index (χ4n) is 2.71. The second-order valence-corrected chi connectivity index (χ2v) is 4.65. The Morgan fingerprint density at radius 2 is 1.77 bits per heavy atom. The number of rotatable bonds is 3. The highest BCUT2D eigenvalue weighted by Gasteiger charge is 2.40. The van der Waals surface area contributed by atoms with Gasteiger partial charge >= 0.3 is 0 Å². The summed E-state index contributed by atoms with van der Waals surface area (Å²) in [5, 5.41) is 0. The van der Waals surface area contributed by atoms with Crippen LogP contribution >= 0.6 is 0 Å². The third-order valence-electron chi connectivity index (χ3n) is 3.73.